The van der Waals surface area contributed by atoms with E-state index in [0.29, 0.717) is 23.2 Å². The number of hydrogen-bond donors (Lipinski definition) is 4. The van der Waals surface area contributed by atoms with Crippen molar-refractivity contribution < 1.29 is 9.90 Å². The third-order valence-corrected chi connectivity index (χ3v) is 5.60. The van der Waals surface area contributed by atoms with E-state index in [1.54, 1.807) is 0 Å². The molecule has 3 fully saturated rings. The summed E-state index contributed by atoms with van der Waals surface area (Å²) in [5.41, 5.74) is 5.96. The van der Waals surface area contributed by atoms with E-state index in [-0.39, 0.29) is 17.7 Å². The van der Waals surface area contributed by atoms with Crippen molar-refractivity contribution in [1.82, 2.24) is 9.97 Å². The topological polar surface area (TPSA) is 113 Å². The summed E-state index contributed by atoms with van der Waals surface area (Å²) in [6.07, 6.45) is 9.48. The van der Waals surface area contributed by atoms with Crippen LogP contribution < -0.4 is 16.4 Å². The zero-order valence-corrected chi connectivity index (χ0v) is 13.8. The van der Waals surface area contributed by atoms with E-state index in [2.05, 4.69) is 20.6 Å². The molecule has 0 atom stereocenters. The number of nitrogens with one attached hydrogen (secondary N) is 2. The fourth-order valence-corrected chi connectivity index (χ4v) is 3.77. The van der Waals surface area contributed by atoms with E-state index in [4.69, 9.17) is 5.73 Å². The average Bonchev–Trinajstić information content (AvgIpc) is 3.43. The van der Waals surface area contributed by atoms with Crippen LogP contribution in [-0.2, 0) is 0 Å². The fraction of sp³-hybridized carbons (Fsp3) is 0.706. The quantitative estimate of drug-likeness (QED) is 0.630. The Balaban J connectivity index is 1.51. The van der Waals surface area contributed by atoms with Crippen LogP contribution in [0.3, 0.4) is 0 Å². The number of nitrogens with zero attached hydrogens (tertiary/aromatic N) is 2. The van der Waals surface area contributed by atoms with Crippen LogP contribution in [0.1, 0.15) is 61.7 Å². The summed E-state index contributed by atoms with van der Waals surface area (Å²) in [7, 11) is 0. The van der Waals surface area contributed by atoms with Gasteiger partial charge in [-0.2, -0.15) is 4.98 Å². The van der Waals surface area contributed by atoms with Crippen LogP contribution in [0, 0.1) is 5.92 Å². The summed E-state index contributed by atoms with van der Waals surface area (Å²) in [5, 5.41) is 16.4. The molecule has 0 radical (unpaired) electrons. The SMILES string of the molecule is NC(=O)c1cnc(NC2CCC(O)CC2)nc1NC1(C2CC2)CC1. The number of carbonyl (C=O) groups is 1. The molecule has 0 saturated heterocycles. The Morgan fingerprint density at radius 2 is 1.92 bits per heavy atom. The third kappa shape index (κ3) is 3.17. The van der Waals surface area contributed by atoms with Gasteiger partial charge in [0, 0.05) is 17.8 Å². The summed E-state index contributed by atoms with van der Waals surface area (Å²) in [6, 6.07) is 0.263. The number of hydrogen-bond acceptors (Lipinski definition) is 6. The maximum absolute atomic E-state index is 11.7. The minimum absolute atomic E-state index is 0.116. The second-order valence-electron chi connectivity index (χ2n) is 7.53. The van der Waals surface area contributed by atoms with Crippen molar-refractivity contribution in [3.63, 3.8) is 0 Å². The van der Waals surface area contributed by atoms with Gasteiger partial charge < -0.3 is 21.5 Å². The predicted molar refractivity (Wildman–Crippen MR) is 90.7 cm³/mol. The lowest BCUT2D eigenvalue weighted by Gasteiger charge is -2.26. The van der Waals surface area contributed by atoms with Gasteiger partial charge in [-0.1, -0.05) is 0 Å². The first-order valence-corrected chi connectivity index (χ1v) is 8.95. The first-order valence-electron chi connectivity index (χ1n) is 8.95. The number of anilines is 2. The van der Waals surface area contributed by atoms with Crippen molar-refractivity contribution in [3.8, 4) is 0 Å². The molecule has 0 unspecified atom stereocenters. The van der Waals surface area contributed by atoms with Crippen molar-refractivity contribution in [1.29, 1.82) is 0 Å². The lowest BCUT2D eigenvalue weighted by Crippen LogP contribution is -2.30. The minimum Gasteiger partial charge on any atom is -0.393 e. The fourth-order valence-electron chi connectivity index (χ4n) is 3.77. The first kappa shape index (κ1) is 15.6. The summed E-state index contributed by atoms with van der Waals surface area (Å²) in [4.78, 5) is 20.5. The third-order valence-electron chi connectivity index (χ3n) is 5.60. The van der Waals surface area contributed by atoms with Crippen molar-refractivity contribution in [2.24, 2.45) is 11.7 Å². The number of amides is 1. The molecule has 5 N–H and O–H groups in total. The molecule has 1 aromatic heterocycles. The second kappa shape index (κ2) is 5.88. The van der Waals surface area contributed by atoms with Gasteiger partial charge >= 0.3 is 0 Å². The van der Waals surface area contributed by atoms with Gasteiger partial charge in [0.2, 0.25) is 5.95 Å². The Morgan fingerprint density at radius 1 is 1.21 bits per heavy atom. The van der Waals surface area contributed by atoms with Crippen LogP contribution >= 0.6 is 0 Å². The average molecular weight is 331 g/mol. The molecule has 7 nitrogen and oxygen atoms in total. The number of carbonyl (C=O) groups excluding carboxylic acids is 1. The van der Waals surface area contributed by atoms with Gasteiger partial charge in [0.1, 0.15) is 5.82 Å². The van der Waals surface area contributed by atoms with Crippen molar-refractivity contribution in [3.05, 3.63) is 11.8 Å². The van der Waals surface area contributed by atoms with Crippen LogP contribution in [-0.4, -0.2) is 38.7 Å². The zero-order valence-electron chi connectivity index (χ0n) is 13.8. The largest absolute Gasteiger partial charge is 0.393 e. The highest BCUT2D eigenvalue weighted by molar-refractivity contribution is 5.97. The van der Waals surface area contributed by atoms with E-state index in [9.17, 15) is 9.90 Å². The van der Waals surface area contributed by atoms with Gasteiger partial charge in [-0.05, 0) is 57.3 Å². The Labute approximate surface area is 141 Å². The van der Waals surface area contributed by atoms with Crippen LogP contribution in [0.4, 0.5) is 11.8 Å². The molecule has 0 spiro atoms. The van der Waals surface area contributed by atoms with Gasteiger partial charge in [-0.25, -0.2) is 4.98 Å². The summed E-state index contributed by atoms with van der Waals surface area (Å²) < 4.78 is 0. The van der Waals surface area contributed by atoms with Gasteiger partial charge in [-0.15, -0.1) is 0 Å². The van der Waals surface area contributed by atoms with E-state index in [1.807, 2.05) is 0 Å². The molecule has 24 heavy (non-hydrogen) atoms. The van der Waals surface area contributed by atoms with E-state index in [1.165, 1.54) is 19.0 Å². The van der Waals surface area contributed by atoms with Gasteiger partial charge in [0.25, 0.3) is 5.91 Å². The molecule has 1 aromatic rings. The van der Waals surface area contributed by atoms with E-state index in [0.717, 1.165) is 38.5 Å². The smallest absolute Gasteiger partial charge is 0.254 e. The highest BCUT2D eigenvalue weighted by Crippen LogP contribution is 2.55. The molecule has 3 aliphatic carbocycles. The molecular formula is C17H25N5O2. The Hall–Kier alpha value is -1.89. The lowest BCUT2D eigenvalue weighted by molar-refractivity contribution is 0.1000. The molecule has 4 rings (SSSR count). The Kier molecular flexibility index (Phi) is 3.83. The summed E-state index contributed by atoms with van der Waals surface area (Å²) in [5.74, 6) is 1.27. The van der Waals surface area contributed by atoms with Gasteiger partial charge in [0.15, 0.2) is 0 Å². The standard InChI is InChI=1S/C17H25N5O2/c18-14(24)13-9-19-16(20-11-3-5-12(23)6-4-11)21-15(13)22-17(7-8-17)10-1-2-10/h9-12,23H,1-8H2,(H2,18,24)(H2,19,20,21,22). The lowest BCUT2D eigenvalue weighted by atomic mass is 9.93. The molecule has 1 amide bonds. The highest BCUT2D eigenvalue weighted by Gasteiger charge is 2.54. The van der Waals surface area contributed by atoms with Gasteiger partial charge in [0.05, 0.1) is 11.7 Å². The summed E-state index contributed by atoms with van der Waals surface area (Å²) >= 11 is 0. The molecular weight excluding hydrogens is 306 g/mol. The highest BCUT2D eigenvalue weighted by atomic mass is 16.3. The molecule has 130 valence electrons. The molecule has 7 heteroatoms. The van der Waals surface area contributed by atoms with Crippen molar-refractivity contribution >= 4 is 17.7 Å². The molecule has 0 aliphatic heterocycles. The van der Waals surface area contributed by atoms with Crippen molar-refractivity contribution in [2.75, 3.05) is 10.6 Å². The van der Waals surface area contributed by atoms with Crippen LogP contribution in [0.25, 0.3) is 0 Å². The normalized spacial score (nSPS) is 28.2. The van der Waals surface area contributed by atoms with E-state index < -0.39 is 5.91 Å². The molecule has 3 aliphatic rings. The van der Waals surface area contributed by atoms with Crippen LogP contribution in [0.2, 0.25) is 0 Å². The number of rotatable bonds is 6. The van der Waals surface area contributed by atoms with Crippen LogP contribution in [0.5, 0.6) is 0 Å². The van der Waals surface area contributed by atoms with Crippen LogP contribution in [0.15, 0.2) is 6.20 Å². The van der Waals surface area contributed by atoms with Crippen molar-refractivity contribution in [2.45, 2.75) is 69.1 Å². The molecule has 1 heterocycles. The molecule has 0 bridgehead atoms. The predicted octanol–water partition coefficient (Wildman–Crippen LogP) is 1.65. The summed E-state index contributed by atoms with van der Waals surface area (Å²) in [6.45, 7) is 0. The molecule has 3 saturated carbocycles. The zero-order chi connectivity index (χ0) is 16.7. The first-order chi connectivity index (χ1) is 11.6. The van der Waals surface area contributed by atoms with Gasteiger partial charge in [-0.3, -0.25) is 4.79 Å². The maximum Gasteiger partial charge on any atom is 0.254 e. The number of primary amides is 1. The minimum atomic E-state index is -0.503. The monoisotopic (exact) mass is 331 g/mol. The Morgan fingerprint density at radius 3 is 2.50 bits per heavy atom. The number of nitrogens with two attached hydrogens (primary N) is 1. The number of aliphatic hydroxyl groups is 1. The molecule has 0 aromatic carbocycles. The number of aromatic nitrogens is 2. The van der Waals surface area contributed by atoms with E-state index >= 15 is 0 Å². The number of aliphatic hydroxyl groups excluding tert-OH is 1. The second-order valence-corrected chi connectivity index (χ2v) is 7.53. The Bertz CT molecular complexity index is 634. The maximum atomic E-state index is 11.7.